The summed E-state index contributed by atoms with van der Waals surface area (Å²) in [5.74, 6) is 4.07. The van der Waals surface area contributed by atoms with Gasteiger partial charge in [-0.05, 0) is 104 Å². The molecule has 0 amide bonds. The molecule has 0 bridgehead atoms. The molecule has 0 unspecified atom stereocenters. The fourth-order valence-corrected chi connectivity index (χ4v) is 5.86. The van der Waals surface area contributed by atoms with Crippen LogP contribution in [-0.4, -0.2) is 0 Å². The third-order valence-electron chi connectivity index (χ3n) is 8.25. The van der Waals surface area contributed by atoms with E-state index in [1.807, 2.05) is 0 Å². The Morgan fingerprint density at radius 1 is 0.655 bits per heavy atom. The Kier molecular flexibility index (Phi) is 6.78. The number of rotatable bonds is 5. The maximum Gasteiger partial charge on any atom is -0.0181 e. The van der Waals surface area contributed by atoms with Gasteiger partial charge in [0.25, 0.3) is 0 Å². The van der Waals surface area contributed by atoms with Gasteiger partial charge in [-0.25, -0.2) is 0 Å². The van der Waals surface area contributed by atoms with Crippen molar-refractivity contribution in [3.63, 3.8) is 0 Å². The van der Waals surface area contributed by atoms with Crippen LogP contribution in [0.15, 0.2) is 42.5 Å². The lowest BCUT2D eigenvalue weighted by Crippen LogP contribution is -2.25. The molecule has 4 rings (SSSR count). The molecular formula is C29H40. The monoisotopic (exact) mass is 388 g/mol. The van der Waals surface area contributed by atoms with Crippen LogP contribution in [0.3, 0.4) is 0 Å². The molecule has 0 radical (unpaired) electrons. The maximum atomic E-state index is 2.45. The molecule has 2 fully saturated rings. The topological polar surface area (TPSA) is 0 Å². The van der Waals surface area contributed by atoms with Crippen LogP contribution in [0.2, 0.25) is 0 Å². The largest absolute Gasteiger partial charge is 0.0625 e. The average Bonchev–Trinajstić information content (AvgIpc) is 2.76. The molecule has 2 saturated carbocycles. The minimum Gasteiger partial charge on any atom is -0.0625 e. The lowest BCUT2D eigenvalue weighted by molar-refractivity contribution is 0.148. The highest BCUT2D eigenvalue weighted by Crippen LogP contribution is 2.42. The van der Waals surface area contributed by atoms with Crippen LogP contribution in [-0.2, 0) is 6.42 Å². The number of aryl methyl sites for hydroxylation is 3. The summed E-state index contributed by atoms with van der Waals surface area (Å²) in [6, 6.07) is 16.2. The Balaban J connectivity index is 1.24. The first-order valence-corrected chi connectivity index (χ1v) is 12.2. The van der Waals surface area contributed by atoms with E-state index in [9.17, 15) is 0 Å². The zero-order chi connectivity index (χ0) is 20.2. The summed E-state index contributed by atoms with van der Waals surface area (Å²) in [6.45, 7) is 6.84. The van der Waals surface area contributed by atoms with Crippen LogP contribution in [0.4, 0.5) is 0 Å². The second-order valence-corrected chi connectivity index (χ2v) is 10.3. The number of hydrogen-bond acceptors (Lipinski definition) is 0. The Bertz CT molecular complexity index is 768. The molecule has 2 aliphatic rings. The van der Waals surface area contributed by atoms with E-state index in [0.29, 0.717) is 0 Å². The zero-order valence-corrected chi connectivity index (χ0v) is 18.9. The molecule has 0 atom stereocenters. The van der Waals surface area contributed by atoms with Gasteiger partial charge in [-0.15, -0.1) is 0 Å². The molecule has 0 heteroatoms. The SMILES string of the molecule is Cc1ccc(-c2ccc(CCC3CCC(C4CCC(C)CC4)CC3)cc2)cc1C. The maximum absolute atomic E-state index is 2.45. The van der Waals surface area contributed by atoms with Crippen molar-refractivity contribution < 1.29 is 0 Å². The summed E-state index contributed by atoms with van der Waals surface area (Å²) in [6.07, 6.45) is 14.6. The summed E-state index contributed by atoms with van der Waals surface area (Å²) >= 11 is 0. The van der Waals surface area contributed by atoms with E-state index in [-0.39, 0.29) is 0 Å². The lowest BCUT2D eigenvalue weighted by Gasteiger charge is -2.37. The van der Waals surface area contributed by atoms with Crippen molar-refractivity contribution in [3.05, 3.63) is 59.2 Å². The van der Waals surface area contributed by atoms with Gasteiger partial charge < -0.3 is 0 Å². The molecule has 0 nitrogen and oxygen atoms in total. The molecule has 0 spiro atoms. The fourth-order valence-electron chi connectivity index (χ4n) is 5.86. The predicted molar refractivity (Wildman–Crippen MR) is 126 cm³/mol. The molecule has 0 N–H and O–H groups in total. The van der Waals surface area contributed by atoms with E-state index in [1.165, 1.54) is 92.0 Å². The summed E-state index contributed by atoms with van der Waals surface area (Å²) in [4.78, 5) is 0. The Morgan fingerprint density at radius 2 is 1.24 bits per heavy atom. The third-order valence-corrected chi connectivity index (χ3v) is 8.25. The van der Waals surface area contributed by atoms with Gasteiger partial charge in [0, 0.05) is 0 Å². The number of hydrogen-bond donors (Lipinski definition) is 0. The Labute approximate surface area is 179 Å². The first kappa shape index (κ1) is 20.7. The van der Waals surface area contributed by atoms with E-state index in [0.717, 1.165) is 23.7 Å². The van der Waals surface area contributed by atoms with Gasteiger partial charge in [-0.2, -0.15) is 0 Å². The first-order valence-electron chi connectivity index (χ1n) is 12.2. The molecule has 0 saturated heterocycles. The van der Waals surface area contributed by atoms with Crippen molar-refractivity contribution >= 4 is 0 Å². The van der Waals surface area contributed by atoms with Crippen molar-refractivity contribution in [1.82, 2.24) is 0 Å². The van der Waals surface area contributed by atoms with Gasteiger partial charge in [0.1, 0.15) is 0 Å². The third kappa shape index (κ3) is 5.33. The Hall–Kier alpha value is -1.56. The summed E-state index contributed by atoms with van der Waals surface area (Å²) in [5.41, 5.74) is 6.96. The number of benzene rings is 2. The molecule has 2 aromatic rings. The standard InChI is InChI=1S/C29H40/c1-21-4-13-26(14-5-21)27-16-9-24(10-17-27)7-8-25-11-18-28(19-12-25)29-15-6-22(2)23(3)20-29/h6,11-12,15,18-21,24,26-27H,4-5,7-10,13-14,16-17H2,1-3H3. The average molecular weight is 389 g/mol. The van der Waals surface area contributed by atoms with Crippen molar-refractivity contribution in [1.29, 1.82) is 0 Å². The molecule has 2 aromatic carbocycles. The molecule has 0 aliphatic heterocycles. The van der Waals surface area contributed by atoms with Gasteiger partial charge >= 0.3 is 0 Å². The van der Waals surface area contributed by atoms with E-state index in [4.69, 9.17) is 0 Å². The molecule has 29 heavy (non-hydrogen) atoms. The zero-order valence-electron chi connectivity index (χ0n) is 18.9. The van der Waals surface area contributed by atoms with Crippen molar-refractivity contribution in [2.75, 3.05) is 0 Å². The highest BCUT2D eigenvalue weighted by molar-refractivity contribution is 5.65. The van der Waals surface area contributed by atoms with Crippen LogP contribution in [0.5, 0.6) is 0 Å². The van der Waals surface area contributed by atoms with E-state index in [2.05, 4.69) is 63.2 Å². The lowest BCUT2D eigenvalue weighted by atomic mass is 9.69. The van der Waals surface area contributed by atoms with E-state index in [1.54, 1.807) is 0 Å². The molecule has 0 aromatic heterocycles. The quantitative estimate of drug-likeness (QED) is 0.481. The molecular weight excluding hydrogens is 348 g/mol. The van der Waals surface area contributed by atoms with Crippen LogP contribution >= 0.6 is 0 Å². The minimum absolute atomic E-state index is 0.966. The first-order chi connectivity index (χ1) is 14.1. The molecule has 0 heterocycles. The van der Waals surface area contributed by atoms with E-state index >= 15 is 0 Å². The van der Waals surface area contributed by atoms with Crippen molar-refractivity contribution in [3.8, 4) is 11.1 Å². The second kappa shape index (κ2) is 9.50. The second-order valence-electron chi connectivity index (χ2n) is 10.3. The van der Waals surface area contributed by atoms with Gasteiger partial charge in [0.15, 0.2) is 0 Å². The molecule has 2 aliphatic carbocycles. The van der Waals surface area contributed by atoms with E-state index < -0.39 is 0 Å². The minimum atomic E-state index is 0.966. The highest BCUT2D eigenvalue weighted by atomic mass is 14.3. The normalized spacial score (nSPS) is 27.7. The highest BCUT2D eigenvalue weighted by Gasteiger charge is 2.29. The van der Waals surface area contributed by atoms with Gasteiger partial charge in [-0.1, -0.05) is 75.1 Å². The Morgan fingerprint density at radius 3 is 1.86 bits per heavy atom. The molecule has 156 valence electrons. The fraction of sp³-hybridized carbons (Fsp3) is 0.586. The smallest absolute Gasteiger partial charge is 0.0181 e. The van der Waals surface area contributed by atoms with Crippen LogP contribution < -0.4 is 0 Å². The van der Waals surface area contributed by atoms with Crippen LogP contribution in [0.1, 0.15) is 81.4 Å². The van der Waals surface area contributed by atoms with Crippen molar-refractivity contribution in [2.45, 2.75) is 85.0 Å². The summed E-state index contributed by atoms with van der Waals surface area (Å²) < 4.78 is 0. The van der Waals surface area contributed by atoms with Gasteiger partial charge in [0.2, 0.25) is 0 Å². The predicted octanol–water partition coefficient (Wildman–Crippen LogP) is 8.54. The van der Waals surface area contributed by atoms with Gasteiger partial charge in [0.05, 0.1) is 0 Å². The van der Waals surface area contributed by atoms with Gasteiger partial charge in [-0.3, -0.25) is 0 Å². The summed E-state index contributed by atoms with van der Waals surface area (Å²) in [5, 5.41) is 0. The summed E-state index contributed by atoms with van der Waals surface area (Å²) in [7, 11) is 0. The van der Waals surface area contributed by atoms with Crippen LogP contribution in [0.25, 0.3) is 11.1 Å². The van der Waals surface area contributed by atoms with Crippen molar-refractivity contribution in [2.24, 2.45) is 23.7 Å². The van der Waals surface area contributed by atoms with Crippen LogP contribution in [0, 0.1) is 37.5 Å².